The van der Waals surface area contributed by atoms with Crippen LogP contribution in [0.3, 0.4) is 0 Å². The molecular weight excluding hydrogens is 257 g/mol. The van der Waals surface area contributed by atoms with E-state index in [0.717, 1.165) is 25.1 Å². The molecule has 0 amide bonds. The molecule has 0 unspecified atom stereocenters. The molecule has 0 bridgehead atoms. The van der Waals surface area contributed by atoms with E-state index in [4.69, 9.17) is 0 Å². The summed E-state index contributed by atoms with van der Waals surface area (Å²) in [6.07, 6.45) is -1.64. The first-order chi connectivity index (χ1) is 8.91. The van der Waals surface area contributed by atoms with E-state index in [1.165, 1.54) is 6.07 Å². The van der Waals surface area contributed by atoms with Crippen molar-refractivity contribution < 1.29 is 18.3 Å². The number of aliphatic hydroxyl groups is 1. The third-order valence-electron chi connectivity index (χ3n) is 3.61. The number of halogens is 3. The number of pyridine rings is 1. The molecule has 1 aliphatic heterocycles. The van der Waals surface area contributed by atoms with E-state index in [-0.39, 0.29) is 18.6 Å². The van der Waals surface area contributed by atoms with Crippen LogP contribution in [-0.2, 0) is 6.18 Å². The Morgan fingerprint density at radius 2 is 2.11 bits per heavy atom. The molecule has 0 radical (unpaired) electrons. The minimum Gasteiger partial charge on any atom is -0.396 e. The van der Waals surface area contributed by atoms with Crippen molar-refractivity contribution in [3.63, 3.8) is 0 Å². The van der Waals surface area contributed by atoms with E-state index in [1.54, 1.807) is 0 Å². The van der Waals surface area contributed by atoms with Crippen molar-refractivity contribution in [3.8, 4) is 0 Å². The van der Waals surface area contributed by atoms with E-state index in [9.17, 15) is 18.3 Å². The molecule has 0 aliphatic carbocycles. The number of aromatic nitrogens is 1. The van der Waals surface area contributed by atoms with Gasteiger partial charge in [0.25, 0.3) is 0 Å². The van der Waals surface area contributed by atoms with Gasteiger partial charge in [-0.15, -0.1) is 0 Å². The van der Waals surface area contributed by atoms with Gasteiger partial charge in [-0.1, -0.05) is 0 Å². The average molecular weight is 274 g/mol. The molecule has 106 valence electrons. The van der Waals surface area contributed by atoms with Gasteiger partial charge in [-0.25, -0.2) is 4.98 Å². The second-order valence-electron chi connectivity index (χ2n) is 5.03. The standard InChI is InChI=1S/C13H17F3N2O/c1-9-2-3-10(8-19)7-18(9)12-5-4-11(6-17-12)13(14,15)16/h4-6,9-10,19H,2-3,7-8H2,1H3/t9-,10-/m1/s1. The van der Waals surface area contributed by atoms with Crippen molar-refractivity contribution in [3.05, 3.63) is 23.9 Å². The lowest BCUT2D eigenvalue weighted by Gasteiger charge is -2.38. The SMILES string of the molecule is C[C@@H]1CC[C@@H](CO)CN1c1ccc(C(F)(F)F)cn1. The molecule has 0 aromatic carbocycles. The summed E-state index contributed by atoms with van der Waals surface area (Å²) in [6.45, 7) is 2.76. The van der Waals surface area contributed by atoms with Crippen LogP contribution in [0.5, 0.6) is 0 Å². The van der Waals surface area contributed by atoms with Gasteiger partial charge in [0.2, 0.25) is 0 Å². The highest BCUT2D eigenvalue weighted by molar-refractivity contribution is 5.41. The summed E-state index contributed by atoms with van der Waals surface area (Å²) in [4.78, 5) is 5.88. The molecule has 1 fully saturated rings. The largest absolute Gasteiger partial charge is 0.417 e. The third kappa shape index (κ3) is 3.18. The zero-order chi connectivity index (χ0) is 14.0. The summed E-state index contributed by atoms with van der Waals surface area (Å²) in [7, 11) is 0. The fourth-order valence-electron chi connectivity index (χ4n) is 2.37. The van der Waals surface area contributed by atoms with Crippen LogP contribution in [0.25, 0.3) is 0 Å². The Hall–Kier alpha value is -1.30. The predicted octanol–water partition coefficient (Wildman–Crippen LogP) is 2.70. The predicted molar refractivity (Wildman–Crippen MR) is 65.9 cm³/mol. The number of piperidine rings is 1. The van der Waals surface area contributed by atoms with Gasteiger partial charge < -0.3 is 10.0 Å². The zero-order valence-electron chi connectivity index (χ0n) is 10.7. The lowest BCUT2D eigenvalue weighted by molar-refractivity contribution is -0.137. The first-order valence-corrected chi connectivity index (χ1v) is 6.32. The Morgan fingerprint density at radius 3 is 2.63 bits per heavy atom. The molecule has 6 heteroatoms. The summed E-state index contributed by atoms with van der Waals surface area (Å²) in [6, 6.07) is 2.68. The van der Waals surface area contributed by atoms with Gasteiger partial charge in [0.05, 0.1) is 5.56 Å². The van der Waals surface area contributed by atoms with Crippen molar-refractivity contribution in [2.24, 2.45) is 5.92 Å². The van der Waals surface area contributed by atoms with E-state index in [0.29, 0.717) is 12.4 Å². The average Bonchev–Trinajstić information content (AvgIpc) is 2.38. The lowest BCUT2D eigenvalue weighted by Crippen LogP contribution is -2.43. The van der Waals surface area contributed by atoms with Crippen LogP contribution in [0.2, 0.25) is 0 Å². The van der Waals surface area contributed by atoms with Crippen LogP contribution in [0.15, 0.2) is 18.3 Å². The molecule has 2 heterocycles. The maximum Gasteiger partial charge on any atom is 0.417 e. The number of hydrogen-bond acceptors (Lipinski definition) is 3. The van der Waals surface area contributed by atoms with Crippen molar-refractivity contribution in [2.45, 2.75) is 32.0 Å². The molecular formula is C13H17F3N2O. The summed E-state index contributed by atoms with van der Waals surface area (Å²) in [5.41, 5.74) is -0.736. The van der Waals surface area contributed by atoms with Gasteiger partial charge in [-0.05, 0) is 37.8 Å². The number of rotatable bonds is 2. The zero-order valence-corrected chi connectivity index (χ0v) is 10.7. The Morgan fingerprint density at radius 1 is 1.37 bits per heavy atom. The van der Waals surface area contributed by atoms with Crippen molar-refractivity contribution in [1.29, 1.82) is 0 Å². The second kappa shape index (κ2) is 5.36. The summed E-state index contributed by atoms with van der Waals surface area (Å²) in [5, 5.41) is 9.20. The molecule has 2 rings (SSSR count). The van der Waals surface area contributed by atoms with Gasteiger partial charge in [0, 0.05) is 25.4 Å². The molecule has 1 aliphatic rings. The Bertz CT molecular complexity index is 419. The first-order valence-electron chi connectivity index (χ1n) is 6.32. The van der Waals surface area contributed by atoms with E-state index in [2.05, 4.69) is 4.98 Å². The molecule has 0 saturated carbocycles. The maximum atomic E-state index is 12.5. The minimum absolute atomic E-state index is 0.101. The van der Waals surface area contributed by atoms with Gasteiger partial charge in [-0.3, -0.25) is 0 Å². The van der Waals surface area contributed by atoms with E-state index < -0.39 is 11.7 Å². The highest BCUT2D eigenvalue weighted by Gasteiger charge is 2.31. The smallest absolute Gasteiger partial charge is 0.396 e. The van der Waals surface area contributed by atoms with Crippen LogP contribution in [0.4, 0.5) is 19.0 Å². The highest BCUT2D eigenvalue weighted by atomic mass is 19.4. The summed E-state index contributed by atoms with van der Waals surface area (Å²) >= 11 is 0. The van der Waals surface area contributed by atoms with Crippen LogP contribution in [-0.4, -0.2) is 29.3 Å². The number of hydrogen-bond donors (Lipinski definition) is 1. The van der Waals surface area contributed by atoms with E-state index >= 15 is 0 Å². The van der Waals surface area contributed by atoms with Crippen LogP contribution in [0, 0.1) is 5.92 Å². The fourth-order valence-corrected chi connectivity index (χ4v) is 2.37. The molecule has 19 heavy (non-hydrogen) atoms. The quantitative estimate of drug-likeness (QED) is 0.900. The summed E-state index contributed by atoms with van der Waals surface area (Å²) in [5.74, 6) is 0.707. The Kier molecular flexibility index (Phi) is 3.99. The first kappa shape index (κ1) is 14.1. The molecule has 1 aromatic rings. The number of aliphatic hydroxyl groups excluding tert-OH is 1. The lowest BCUT2D eigenvalue weighted by atomic mass is 9.94. The van der Waals surface area contributed by atoms with Crippen LogP contribution >= 0.6 is 0 Å². The molecule has 3 nitrogen and oxygen atoms in total. The topological polar surface area (TPSA) is 36.4 Å². The molecule has 1 saturated heterocycles. The van der Waals surface area contributed by atoms with Crippen molar-refractivity contribution >= 4 is 5.82 Å². The monoisotopic (exact) mass is 274 g/mol. The van der Waals surface area contributed by atoms with Crippen LogP contribution < -0.4 is 4.90 Å². The molecule has 1 aromatic heterocycles. The number of alkyl halides is 3. The molecule has 1 N–H and O–H groups in total. The highest BCUT2D eigenvalue weighted by Crippen LogP contribution is 2.31. The Labute approximate surface area is 110 Å². The Balaban J connectivity index is 2.16. The van der Waals surface area contributed by atoms with E-state index in [1.807, 2.05) is 11.8 Å². The van der Waals surface area contributed by atoms with Gasteiger partial charge >= 0.3 is 6.18 Å². The number of nitrogens with zero attached hydrogens (tertiary/aromatic N) is 2. The minimum atomic E-state index is -4.35. The third-order valence-corrected chi connectivity index (χ3v) is 3.61. The molecule has 2 atom stereocenters. The normalized spacial score (nSPS) is 24.6. The molecule has 0 spiro atoms. The maximum absolute atomic E-state index is 12.5. The summed E-state index contributed by atoms with van der Waals surface area (Å²) < 4.78 is 37.4. The van der Waals surface area contributed by atoms with Gasteiger partial charge in [0.1, 0.15) is 5.82 Å². The second-order valence-corrected chi connectivity index (χ2v) is 5.03. The van der Waals surface area contributed by atoms with Crippen molar-refractivity contribution in [1.82, 2.24) is 4.98 Å². The fraction of sp³-hybridized carbons (Fsp3) is 0.615. The van der Waals surface area contributed by atoms with Crippen LogP contribution in [0.1, 0.15) is 25.3 Å². The van der Waals surface area contributed by atoms with Gasteiger partial charge in [0.15, 0.2) is 0 Å². The van der Waals surface area contributed by atoms with Gasteiger partial charge in [-0.2, -0.15) is 13.2 Å². The number of anilines is 1. The van der Waals surface area contributed by atoms with Crippen molar-refractivity contribution in [2.75, 3.05) is 18.1 Å².